The van der Waals surface area contributed by atoms with Gasteiger partial charge in [-0.15, -0.1) is 0 Å². The third-order valence-corrected chi connectivity index (χ3v) is 1.78. The van der Waals surface area contributed by atoms with Crippen LogP contribution in [-0.2, 0) is 4.74 Å². The zero-order valence-corrected chi connectivity index (χ0v) is 7.84. The first kappa shape index (κ1) is 9.85. The monoisotopic (exact) mass is 185 g/mol. The Bertz CT molecular complexity index is 293. The zero-order chi connectivity index (χ0) is 10.0. The van der Waals surface area contributed by atoms with E-state index in [1.807, 2.05) is 0 Å². The van der Waals surface area contributed by atoms with Gasteiger partial charge in [0.2, 0.25) is 0 Å². The van der Waals surface area contributed by atoms with Crippen molar-refractivity contribution in [2.45, 2.75) is 20.0 Å². The molecule has 1 atom stereocenters. The summed E-state index contributed by atoms with van der Waals surface area (Å²) in [6, 6.07) is 0. The molecule has 0 amide bonds. The van der Waals surface area contributed by atoms with Gasteiger partial charge in [0.1, 0.15) is 6.10 Å². The van der Waals surface area contributed by atoms with Crippen molar-refractivity contribution < 1.29 is 9.13 Å². The van der Waals surface area contributed by atoms with Gasteiger partial charge >= 0.3 is 0 Å². The Morgan fingerprint density at radius 2 is 2.08 bits per heavy atom. The van der Waals surface area contributed by atoms with Crippen molar-refractivity contribution >= 4 is 5.82 Å². The van der Waals surface area contributed by atoms with E-state index in [-0.39, 0.29) is 17.6 Å². The molecule has 0 saturated heterocycles. The van der Waals surface area contributed by atoms with Crippen LogP contribution >= 0.6 is 0 Å². The molecule has 4 nitrogen and oxygen atoms in total. The molecule has 0 bridgehead atoms. The van der Waals surface area contributed by atoms with Crippen LogP contribution in [0.3, 0.4) is 0 Å². The van der Waals surface area contributed by atoms with Gasteiger partial charge in [-0.05, 0) is 13.8 Å². The van der Waals surface area contributed by atoms with Gasteiger partial charge in [-0.2, -0.15) is 0 Å². The van der Waals surface area contributed by atoms with Crippen LogP contribution in [0.15, 0.2) is 0 Å². The summed E-state index contributed by atoms with van der Waals surface area (Å²) in [6.07, 6.45) is -0.276. The van der Waals surface area contributed by atoms with Crippen molar-refractivity contribution in [2.24, 2.45) is 0 Å². The number of nitrogen functional groups attached to an aromatic ring is 1. The van der Waals surface area contributed by atoms with E-state index in [1.54, 1.807) is 13.8 Å². The highest BCUT2D eigenvalue weighted by molar-refractivity contribution is 5.32. The van der Waals surface area contributed by atoms with E-state index in [9.17, 15) is 4.39 Å². The number of aromatic nitrogens is 2. The van der Waals surface area contributed by atoms with E-state index in [0.29, 0.717) is 5.82 Å². The number of hydrogen-bond acceptors (Lipinski definition) is 4. The average Bonchev–Trinajstić information content (AvgIpc) is 2.12. The molecule has 5 heteroatoms. The lowest BCUT2D eigenvalue weighted by Gasteiger charge is -2.09. The van der Waals surface area contributed by atoms with Crippen LogP contribution in [0.2, 0.25) is 0 Å². The van der Waals surface area contributed by atoms with Crippen molar-refractivity contribution in [2.75, 3.05) is 12.8 Å². The van der Waals surface area contributed by atoms with Gasteiger partial charge in [-0.3, -0.25) is 0 Å². The number of rotatable bonds is 2. The molecular weight excluding hydrogens is 173 g/mol. The Kier molecular flexibility index (Phi) is 2.77. The summed E-state index contributed by atoms with van der Waals surface area (Å²) >= 11 is 0. The predicted octanol–water partition coefficient (Wildman–Crippen LogP) is 1.21. The second-order valence-corrected chi connectivity index (χ2v) is 2.74. The Morgan fingerprint density at radius 1 is 1.46 bits per heavy atom. The number of nitrogens with zero attached hydrogens (tertiary/aromatic N) is 2. The Morgan fingerprint density at radius 3 is 2.54 bits per heavy atom. The van der Waals surface area contributed by atoms with Crippen molar-refractivity contribution in [1.82, 2.24) is 9.97 Å². The molecule has 1 heterocycles. The molecule has 0 aliphatic carbocycles. The lowest BCUT2D eigenvalue weighted by Crippen LogP contribution is -2.09. The van der Waals surface area contributed by atoms with Crippen LogP contribution in [0.1, 0.15) is 24.5 Å². The molecule has 13 heavy (non-hydrogen) atoms. The van der Waals surface area contributed by atoms with Gasteiger partial charge in [-0.1, -0.05) is 0 Å². The first-order valence-electron chi connectivity index (χ1n) is 3.88. The molecule has 0 aliphatic heterocycles. The smallest absolute Gasteiger partial charge is 0.186 e. The number of nitrogens with two attached hydrogens (primary N) is 1. The first-order chi connectivity index (χ1) is 6.06. The Balaban J connectivity index is 3.13. The standard InChI is InChI=1S/C8H12FN3O/c1-4-6(9)7(10)12-8(11-4)5(2)13-3/h5H,1-3H3,(H2,10,11,12). The maximum absolute atomic E-state index is 13.0. The fourth-order valence-electron chi connectivity index (χ4n) is 0.891. The van der Waals surface area contributed by atoms with E-state index < -0.39 is 5.82 Å². The number of hydrogen-bond donors (Lipinski definition) is 1. The SMILES string of the molecule is COC(C)c1nc(C)c(F)c(N)n1. The van der Waals surface area contributed by atoms with Gasteiger partial charge in [0, 0.05) is 7.11 Å². The quantitative estimate of drug-likeness (QED) is 0.752. The number of aryl methyl sites for hydroxylation is 1. The lowest BCUT2D eigenvalue weighted by molar-refractivity contribution is 0.112. The molecule has 72 valence electrons. The maximum atomic E-state index is 13.0. The normalized spacial score (nSPS) is 12.9. The third kappa shape index (κ3) is 1.92. The van der Waals surface area contributed by atoms with Crippen LogP contribution in [-0.4, -0.2) is 17.1 Å². The Labute approximate surface area is 75.9 Å². The molecule has 1 unspecified atom stereocenters. The van der Waals surface area contributed by atoms with Gasteiger partial charge in [0.15, 0.2) is 17.5 Å². The number of ether oxygens (including phenoxy) is 1. The van der Waals surface area contributed by atoms with Crippen LogP contribution in [0.25, 0.3) is 0 Å². The minimum atomic E-state index is -0.563. The van der Waals surface area contributed by atoms with E-state index in [1.165, 1.54) is 7.11 Å². The fraction of sp³-hybridized carbons (Fsp3) is 0.500. The highest BCUT2D eigenvalue weighted by Gasteiger charge is 2.12. The molecule has 1 aromatic rings. The van der Waals surface area contributed by atoms with Crippen LogP contribution in [0.4, 0.5) is 10.2 Å². The molecule has 0 spiro atoms. The van der Waals surface area contributed by atoms with E-state index in [2.05, 4.69) is 9.97 Å². The number of methoxy groups -OCH3 is 1. The van der Waals surface area contributed by atoms with Crippen molar-refractivity contribution in [3.05, 3.63) is 17.3 Å². The molecule has 0 saturated carbocycles. The molecule has 1 aromatic heterocycles. The molecule has 0 aliphatic rings. The summed E-state index contributed by atoms with van der Waals surface area (Å²) in [4.78, 5) is 7.68. The zero-order valence-electron chi connectivity index (χ0n) is 7.84. The predicted molar refractivity (Wildman–Crippen MR) is 46.6 cm³/mol. The molecule has 2 N–H and O–H groups in total. The summed E-state index contributed by atoms with van der Waals surface area (Å²) in [6.45, 7) is 3.31. The summed E-state index contributed by atoms with van der Waals surface area (Å²) in [5, 5.41) is 0. The topological polar surface area (TPSA) is 61.0 Å². The molecule has 0 radical (unpaired) electrons. The highest BCUT2D eigenvalue weighted by Crippen LogP contribution is 2.16. The molecule has 0 aromatic carbocycles. The van der Waals surface area contributed by atoms with Gasteiger partial charge in [0.05, 0.1) is 5.69 Å². The number of halogens is 1. The van der Waals surface area contributed by atoms with Crippen molar-refractivity contribution in [3.63, 3.8) is 0 Å². The molecule has 0 fully saturated rings. The Hall–Kier alpha value is -1.23. The first-order valence-corrected chi connectivity index (χ1v) is 3.88. The largest absolute Gasteiger partial charge is 0.381 e. The highest BCUT2D eigenvalue weighted by atomic mass is 19.1. The van der Waals surface area contributed by atoms with E-state index in [4.69, 9.17) is 10.5 Å². The van der Waals surface area contributed by atoms with Gasteiger partial charge in [0.25, 0.3) is 0 Å². The van der Waals surface area contributed by atoms with Crippen molar-refractivity contribution in [1.29, 1.82) is 0 Å². The minimum absolute atomic E-state index is 0.133. The molecule has 1 rings (SSSR count). The average molecular weight is 185 g/mol. The summed E-state index contributed by atoms with van der Waals surface area (Å²) in [5.41, 5.74) is 5.57. The van der Waals surface area contributed by atoms with E-state index >= 15 is 0 Å². The second kappa shape index (κ2) is 3.66. The summed E-state index contributed by atoms with van der Waals surface area (Å²) < 4.78 is 18.0. The summed E-state index contributed by atoms with van der Waals surface area (Å²) in [7, 11) is 1.53. The maximum Gasteiger partial charge on any atom is 0.186 e. The summed E-state index contributed by atoms with van der Waals surface area (Å²) in [5.74, 6) is -0.294. The van der Waals surface area contributed by atoms with E-state index in [0.717, 1.165) is 0 Å². The second-order valence-electron chi connectivity index (χ2n) is 2.74. The third-order valence-electron chi connectivity index (χ3n) is 1.78. The van der Waals surface area contributed by atoms with Gasteiger partial charge in [-0.25, -0.2) is 14.4 Å². The van der Waals surface area contributed by atoms with Crippen LogP contribution < -0.4 is 5.73 Å². The van der Waals surface area contributed by atoms with Crippen molar-refractivity contribution in [3.8, 4) is 0 Å². The minimum Gasteiger partial charge on any atom is -0.381 e. The van der Waals surface area contributed by atoms with Crippen LogP contribution in [0, 0.1) is 12.7 Å². The fourth-order valence-corrected chi connectivity index (χ4v) is 0.891. The van der Waals surface area contributed by atoms with Gasteiger partial charge < -0.3 is 10.5 Å². The lowest BCUT2D eigenvalue weighted by atomic mass is 10.3. The molecular formula is C8H12FN3O. The van der Waals surface area contributed by atoms with Crippen LogP contribution in [0.5, 0.6) is 0 Å². The number of anilines is 1.